The molecule has 1 N–H and O–H groups in total. The Labute approximate surface area is 99.9 Å². The molecule has 1 fully saturated rings. The molecule has 0 radical (unpaired) electrons. The van der Waals surface area contributed by atoms with Gasteiger partial charge >= 0.3 is 0 Å². The van der Waals surface area contributed by atoms with Gasteiger partial charge in [0, 0.05) is 23.7 Å². The van der Waals surface area contributed by atoms with Crippen molar-refractivity contribution in [1.29, 1.82) is 0 Å². The average Bonchev–Trinajstić information content (AvgIpc) is 2.39. The first-order valence-electron chi connectivity index (χ1n) is 6.03. The van der Waals surface area contributed by atoms with E-state index in [1.54, 1.807) is 6.20 Å². The van der Waals surface area contributed by atoms with E-state index in [2.05, 4.69) is 10.3 Å². The lowest BCUT2D eigenvalue weighted by molar-refractivity contribution is 0.121. The summed E-state index contributed by atoms with van der Waals surface area (Å²) in [4.78, 5) is 4.33. The molecule has 0 bridgehead atoms. The first-order valence-corrected chi connectivity index (χ1v) is 6.03. The summed E-state index contributed by atoms with van der Waals surface area (Å²) < 4.78 is 14.7. The van der Waals surface area contributed by atoms with E-state index in [1.807, 2.05) is 30.3 Å². The van der Waals surface area contributed by atoms with E-state index in [4.69, 9.17) is 0 Å². The number of benzene rings is 1. The molecule has 0 aliphatic carbocycles. The van der Waals surface area contributed by atoms with Gasteiger partial charge < -0.3 is 5.32 Å². The molecule has 0 amide bonds. The summed E-state index contributed by atoms with van der Waals surface area (Å²) in [5.41, 5.74) is 0.363. The van der Waals surface area contributed by atoms with Crippen molar-refractivity contribution in [3.63, 3.8) is 0 Å². The molecule has 1 saturated heterocycles. The predicted octanol–water partition coefficient (Wildman–Crippen LogP) is 2.78. The first kappa shape index (κ1) is 10.7. The van der Waals surface area contributed by atoms with Gasteiger partial charge in [0.15, 0.2) is 0 Å². The van der Waals surface area contributed by atoms with Gasteiger partial charge in [-0.25, -0.2) is 4.39 Å². The maximum Gasteiger partial charge on any atom is 0.149 e. The number of piperidine rings is 1. The summed E-state index contributed by atoms with van der Waals surface area (Å²) >= 11 is 0. The van der Waals surface area contributed by atoms with Gasteiger partial charge in [0.1, 0.15) is 5.67 Å². The molecule has 88 valence electrons. The largest absolute Gasteiger partial charge is 0.313 e. The minimum atomic E-state index is -1.25. The van der Waals surface area contributed by atoms with Gasteiger partial charge in [-0.05, 0) is 31.5 Å². The normalized spacial score (nSPS) is 25.0. The van der Waals surface area contributed by atoms with E-state index in [-0.39, 0.29) is 0 Å². The molecule has 1 aromatic carbocycles. The summed E-state index contributed by atoms with van der Waals surface area (Å²) in [7, 11) is 0. The van der Waals surface area contributed by atoms with Gasteiger partial charge in [-0.15, -0.1) is 0 Å². The Balaban J connectivity index is 2.05. The van der Waals surface area contributed by atoms with Crippen LogP contribution in [-0.2, 0) is 5.67 Å². The monoisotopic (exact) mass is 230 g/mol. The van der Waals surface area contributed by atoms with Crippen molar-refractivity contribution in [2.24, 2.45) is 0 Å². The Kier molecular flexibility index (Phi) is 2.56. The zero-order valence-corrected chi connectivity index (χ0v) is 9.62. The second-order valence-corrected chi connectivity index (χ2v) is 4.66. The first-order chi connectivity index (χ1) is 8.28. The molecule has 1 aliphatic heterocycles. The lowest BCUT2D eigenvalue weighted by Crippen LogP contribution is -2.40. The lowest BCUT2D eigenvalue weighted by atomic mass is 9.89. The molecule has 0 saturated carbocycles. The van der Waals surface area contributed by atoms with Crippen molar-refractivity contribution in [1.82, 2.24) is 10.3 Å². The molecular formula is C14H15FN2. The molecule has 2 heterocycles. The molecule has 1 aromatic heterocycles. The molecule has 1 aliphatic rings. The Morgan fingerprint density at radius 2 is 2.18 bits per heavy atom. The summed E-state index contributed by atoms with van der Waals surface area (Å²) in [5.74, 6) is 0. The van der Waals surface area contributed by atoms with Crippen LogP contribution in [0.2, 0.25) is 0 Å². The smallest absolute Gasteiger partial charge is 0.149 e. The molecule has 17 heavy (non-hydrogen) atoms. The van der Waals surface area contributed by atoms with Gasteiger partial charge in [0.25, 0.3) is 0 Å². The van der Waals surface area contributed by atoms with Crippen LogP contribution in [0.25, 0.3) is 10.9 Å². The zero-order chi connectivity index (χ0) is 11.7. The Bertz CT molecular complexity index is 532. The maximum atomic E-state index is 14.7. The molecule has 3 heteroatoms. The van der Waals surface area contributed by atoms with Gasteiger partial charge in [-0.3, -0.25) is 4.98 Å². The third-order valence-electron chi connectivity index (χ3n) is 3.44. The Morgan fingerprint density at radius 3 is 3.00 bits per heavy atom. The van der Waals surface area contributed by atoms with Crippen molar-refractivity contribution in [3.8, 4) is 0 Å². The van der Waals surface area contributed by atoms with E-state index in [0.29, 0.717) is 18.5 Å². The molecule has 1 atom stereocenters. The summed E-state index contributed by atoms with van der Waals surface area (Å²) in [6.45, 7) is 1.31. The second kappa shape index (κ2) is 4.08. The standard InChI is InChI=1S/C14H15FN2/c15-14(6-3-7-16-10-14)12-8-11-4-1-2-5-13(11)17-9-12/h1-2,4-5,8-9,16H,3,6-7,10H2. The number of fused-ring (bicyclic) bond motifs is 1. The SMILES string of the molecule is FC1(c2cnc3ccccc3c2)CCCNC1. The van der Waals surface area contributed by atoms with Crippen LogP contribution >= 0.6 is 0 Å². The number of hydrogen-bond acceptors (Lipinski definition) is 2. The number of nitrogens with one attached hydrogen (secondary N) is 1. The van der Waals surface area contributed by atoms with Crippen LogP contribution in [0, 0.1) is 0 Å². The molecule has 3 rings (SSSR count). The highest BCUT2D eigenvalue weighted by atomic mass is 19.1. The van der Waals surface area contributed by atoms with Crippen LogP contribution in [0.3, 0.4) is 0 Å². The number of rotatable bonds is 1. The number of pyridine rings is 1. The van der Waals surface area contributed by atoms with Gasteiger partial charge in [-0.1, -0.05) is 18.2 Å². The van der Waals surface area contributed by atoms with Crippen molar-refractivity contribution in [2.45, 2.75) is 18.5 Å². The average molecular weight is 230 g/mol. The minimum absolute atomic E-state index is 0.396. The van der Waals surface area contributed by atoms with Crippen molar-refractivity contribution >= 4 is 10.9 Å². The summed E-state index contributed by atoms with van der Waals surface area (Å²) in [6.07, 6.45) is 3.14. The van der Waals surface area contributed by atoms with Crippen LogP contribution in [0.4, 0.5) is 4.39 Å². The molecule has 0 spiro atoms. The number of halogens is 1. The van der Waals surface area contributed by atoms with Crippen molar-refractivity contribution < 1.29 is 4.39 Å². The van der Waals surface area contributed by atoms with Crippen molar-refractivity contribution in [3.05, 3.63) is 42.1 Å². The number of hydrogen-bond donors (Lipinski definition) is 1. The maximum absolute atomic E-state index is 14.7. The van der Waals surface area contributed by atoms with Crippen LogP contribution in [0.5, 0.6) is 0 Å². The number of para-hydroxylation sites is 1. The molecule has 1 unspecified atom stereocenters. The minimum Gasteiger partial charge on any atom is -0.313 e. The number of alkyl halides is 1. The quantitative estimate of drug-likeness (QED) is 0.814. The Hall–Kier alpha value is -1.48. The van der Waals surface area contributed by atoms with E-state index in [0.717, 1.165) is 23.9 Å². The van der Waals surface area contributed by atoms with Gasteiger partial charge in [0.2, 0.25) is 0 Å². The van der Waals surface area contributed by atoms with E-state index in [9.17, 15) is 4.39 Å². The van der Waals surface area contributed by atoms with Gasteiger partial charge in [-0.2, -0.15) is 0 Å². The molecular weight excluding hydrogens is 215 g/mol. The fraction of sp³-hybridized carbons (Fsp3) is 0.357. The fourth-order valence-corrected chi connectivity index (χ4v) is 2.43. The fourth-order valence-electron chi connectivity index (χ4n) is 2.43. The number of aromatic nitrogens is 1. The van der Waals surface area contributed by atoms with E-state index < -0.39 is 5.67 Å². The van der Waals surface area contributed by atoms with Gasteiger partial charge in [0.05, 0.1) is 5.52 Å². The lowest BCUT2D eigenvalue weighted by Gasteiger charge is -2.30. The summed E-state index contributed by atoms with van der Waals surface area (Å²) in [5, 5.41) is 4.13. The molecule has 2 aromatic rings. The topological polar surface area (TPSA) is 24.9 Å². The highest BCUT2D eigenvalue weighted by molar-refractivity contribution is 5.78. The number of nitrogens with zero attached hydrogens (tertiary/aromatic N) is 1. The van der Waals surface area contributed by atoms with Crippen LogP contribution in [0.1, 0.15) is 18.4 Å². The van der Waals surface area contributed by atoms with Crippen LogP contribution < -0.4 is 5.32 Å². The third-order valence-corrected chi connectivity index (χ3v) is 3.44. The Morgan fingerprint density at radius 1 is 1.29 bits per heavy atom. The van der Waals surface area contributed by atoms with E-state index in [1.165, 1.54) is 0 Å². The predicted molar refractivity (Wildman–Crippen MR) is 66.6 cm³/mol. The zero-order valence-electron chi connectivity index (χ0n) is 9.62. The van der Waals surface area contributed by atoms with Crippen molar-refractivity contribution in [2.75, 3.05) is 13.1 Å². The highest BCUT2D eigenvalue weighted by Crippen LogP contribution is 2.33. The second-order valence-electron chi connectivity index (χ2n) is 4.66. The molecule has 2 nitrogen and oxygen atoms in total. The van der Waals surface area contributed by atoms with Crippen LogP contribution in [-0.4, -0.2) is 18.1 Å². The highest BCUT2D eigenvalue weighted by Gasteiger charge is 2.34. The third kappa shape index (κ3) is 1.91. The van der Waals surface area contributed by atoms with Crippen LogP contribution in [0.15, 0.2) is 36.5 Å². The van der Waals surface area contributed by atoms with E-state index >= 15 is 0 Å². The summed E-state index contributed by atoms with van der Waals surface area (Å²) in [6, 6.07) is 9.75.